The number of aliphatic hydroxyl groups is 1. The predicted octanol–water partition coefficient (Wildman–Crippen LogP) is 1.19. The average Bonchev–Trinajstić information content (AvgIpc) is 3.83. The van der Waals surface area contributed by atoms with E-state index in [4.69, 9.17) is 9.47 Å². The maximum absolute atomic E-state index is 14.7. The number of carbonyl (C=O) groups excluding carboxylic acids is 6. The number of rotatable bonds is 6. The first kappa shape index (κ1) is 42.4. The van der Waals surface area contributed by atoms with E-state index in [2.05, 4.69) is 21.3 Å². The zero-order valence-electron chi connectivity index (χ0n) is 32.9. The van der Waals surface area contributed by atoms with Crippen LogP contribution in [0.25, 0.3) is 0 Å². The van der Waals surface area contributed by atoms with E-state index in [0.29, 0.717) is 24.6 Å². The molecule has 2 aromatic rings. The lowest BCUT2D eigenvalue weighted by Crippen LogP contribution is -2.65. The SMILES string of the molecule is Cc1ccc(NC(=O)N[C@@H](Cc2cc(F)cc(F)c2)C(=O)N[C@@H]2C(=O)N3CCCC3C(O)N3CCOCC3C(=O)N[C@@H](C)C(=O)N3C[C@H](C)CC3C(=O)O[C@H]2C)cc1. The number of anilines is 1. The Bertz CT molecular complexity index is 1870. The molecule has 4 aliphatic rings. The molecule has 9 atom stereocenters. The number of nitrogens with zero attached hydrogens (tertiary/aromatic N) is 3. The van der Waals surface area contributed by atoms with Crippen molar-refractivity contribution in [3.05, 3.63) is 65.2 Å². The standard InChI is InChI=1S/C40H51F2N7O9/c1-21-7-9-28(10-8-21)44-40(56)45-29(17-25-15-26(41)18-27(42)16-25)34(50)46-33-24(4)58-39(55)31-14-22(2)19-49(31)36(52)23(3)43-35(51)32-20-57-13-12-48(32)37(53)30-6-5-11-47(30)38(33)54/h7-10,15-16,18,22-24,29-33,37,53H,5-6,11-14,17,19-20H2,1-4H3,(H,43,51)(H,46,50)(H2,44,45,56)/t22-,23+,24+,29+,30?,31?,32?,33+,37?/m1/s1. The van der Waals surface area contributed by atoms with Gasteiger partial charge in [-0.15, -0.1) is 0 Å². The van der Waals surface area contributed by atoms with Crippen molar-refractivity contribution in [2.45, 2.75) is 102 Å². The molecule has 0 bridgehead atoms. The number of aliphatic hydroxyl groups excluding tert-OH is 1. The van der Waals surface area contributed by atoms with Crippen LogP contribution in [0.15, 0.2) is 42.5 Å². The second kappa shape index (κ2) is 18.2. The minimum Gasteiger partial charge on any atom is -0.458 e. The number of cyclic esters (lactones) is 1. The summed E-state index contributed by atoms with van der Waals surface area (Å²) in [6.07, 6.45) is -2.11. The lowest BCUT2D eigenvalue weighted by atomic mass is 10.0. The smallest absolute Gasteiger partial charge is 0.329 e. The second-order valence-electron chi connectivity index (χ2n) is 15.7. The normalized spacial score (nSPS) is 29.1. The molecule has 4 unspecified atom stereocenters. The Labute approximate surface area is 334 Å². The number of esters is 1. The molecule has 5 N–H and O–H groups in total. The highest BCUT2D eigenvalue weighted by molar-refractivity contribution is 5.96. The molecule has 6 rings (SSSR count). The molecule has 4 saturated heterocycles. The number of hydrogen-bond acceptors (Lipinski definition) is 10. The molecule has 58 heavy (non-hydrogen) atoms. The Morgan fingerprint density at radius 1 is 0.966 bits per heavy atom. The summed E-state index contributed by atoms with van der Waals surface area (Å²) >= 11 is 0. The van der Waals surface area contributed by atoms with Crippen molar-refractivity contribution in [2.24, 2.45) is 5.92 Å². The van der Waals surface area contributed by atoms with Crippen LogP contribution in [0.5, 0.6) is 0 Å². The number of nitrogens with one attached hydrogen (secondary N) is 4. The summed E-state index contributed by atoms with van der Waals surface area (Å²) in [6, 6.07) is 1.56. The van der Waals surface area contributed by atoms with Gasteiger partial charge < -0.3 is 45.6 Å². The molecule has 0 aliphatic carbocycles. The van der Waals surface area contributed by atoms with Crippen LogP contribution in [0.4, 0.5) is 19.3 Å². The summed E-state index contributed by atoms with van der Waals surface area (Å²) in [5.41, 5.74) is 1.36. The van der Waals surface area contributed by atoms with E-state index >= 15 is 0 Å². The third kappa shape index (κ3) is 9.73. The van der Waals surface area contributed by atoms with Crippen molar-refractivity contribution in [1.29, 1.82) is 0 Å². The van der Waals surface area contributed by atoms with Crippen molar-refractivity contribution in [3.8, 4) is 0 Å². The Balaban J connectivity index is 1.34. The number of urea groups is 1. The first-order chi connectivity index (χ1) is 27.6. The highest BCUT2D eigenvalue weighted by Crippen LogP contribution is 2.29. The van der Waals surface area contributed by atoms with Gasteiger partial charge in [-0.1, -0.05) is 24.6 Å². The number of fused-ring (bicyclic) bond motifs is 3. The average molecular weight is 812 g/mol. The van der Waals surface area contributed by atoms with Crippen LogP contribution in [0.1, 0.15) is 51.2 Å². The van der Waals surface area contributed by atoms with Crippen LogP contribution in [0, 0.1) is 24.5 Å². The van der Waals surface area contributed by atoms with E-state index in [1.165, 1.54) is 28.5 Å². The van der Waals surface area contributed by atoms with Gasteiger partial charge in [0, 0.05) is 37.8 Å². The van der Waals surface area contributed by atoms with Crippen LogP contribution in [-0.2, 0) is 39.9 Å². The summed E-state index contributed by atoms with van der Waals surface area (Å²) in [7, 11) is 0. The van der Waals surface area contributed by atoms with Gasteiger partial charge in [-0.2, -0.15) is 0 Å². The van der Waals surface area contributed by atoms with Gasteiger partial charge in [0.15, 0.2) is 0 Å². The minimum absolute atomic E-state index is 0.0262. The quantitative estimate of drug-likeness (QED) is 0.264. The molecule has 0 aromatic heterocycles. The first-order valence-corrected chi connectivity index (χ1v) is 19.6. The largest absolute Gasteiger partial charge is 0.458 e. The number of halogens is 2. The highest BCUT2D eigenvalue weighted by Gasteiger charge is 2.47. The molecule has 2 aromatic carbocycles. The zero-order chi connectivity index (χ0) is 41.8. The number of hydrogen-bond donors (Lipinski definition) is 5. The van der Waals surface area contributed by atoms with Crippen molar-refractivity contribution in [1.82, 2.24) is 30.7 Å². The molecule has 0 saturated carbocycles. The first-order valence-electron chi connectivity index (χ1n) is 19.6. The highest BCUT2D eigenvalue weighted by atomic mass is 19.1. The molecule has 0 radical (unpaired) electrons. The van der Waals surface area contributed by atoms with E-state index in [9.17, 15) is 42.7 Å². The van der Waals surface area contributed by atoms with E-state index in [0.717, 1.165) is 17.7 Å². The van der Waals surface area contributed by atoms with E-state index in [-0.39, 0.29) is 50.8 Å². The molecule has 4 fully saturated rings. The summed E-state index contributed by atoms with van der Waals surface area (Å²) in [5.74, 6) is -5.55. The summed E-state index contributed by atoms with van der Waals surface area (Å²) in [5, 5.41) is 22.4. The van der Waals surface area contributed by atoms with Crippen LogP contribution < -0.4 is 21.3 Å². The van der Waals surface area contributed by atoms with Crippen LogP contribution in [0.3, 0.4) is 0 Å². The molecular weight excluding hydrogens is 760 g/mol. The fraction of sp³-hybridized carbons (Fsp3) is 0.550. The summed E-state index contributed by atoms with van der Waals surface area (Å²) in [4.78, 5) is 87.8. The van der Waals surface area contributed by atoms with Crippen molar-refractivity contribution in [3.63, 3.8) is 0 Å². The Kier molecular flexibility index (Phi) is 13.3. The van der Waals surface area contributed by atoms with E-state index in [1.54, 1.807) is 24.3 Å². The van der Waals surface area contributed by atoms with Gasteiger partial charge in [-0.3, -0.25) is 24.1 Å². The summed E-state index contributed by atoms with van der Waals surface area (Å²) < 4.78 is 40.1. The Morgan fingerprint density at radius 2 is 1.67 bits per heavy atom. The zero-order valence-corrected chi connectivity index (χ0v) is 32.9. The fourth-order valence-electron chi connectivity index (χ4n) is 8.17. The van der Waals surface area contributed by atoms with Gasteiger partial charge in [-0.05, 0) is 75.8 Å². The fourth-order valence-corrected chi connectivity index (χ4v) is 8.17. The molecular formula is C40H51F2N7O9. The molecule has 4 heterocycles. The van der Waals surface area contributed by atoms with Gasteiger partial charge >= 0.3 is 12.0 Å². The number of ether oxygens (including phenoxy) is 2. The van der Waals surface area contributed by atoms with Gasteiger partial charge in [0.25, 0.3) is 0 Å². The van der Waals surface area contributed by atoms with Gasteiger partial charge in [0.2, 0.25) is 23.6 Å². The van der Waals surface area contributed by atoms with Crippen LogP contribution in [0.2, 0.25) is 0 Å². The molecule has 314 valence electrons. The Morgan fingerprint density at radius 3 is 2.38 bits per heavy atom. The molecule has 6 amide bonds. The van der Waals surface area contributed by atoms with Gasteiger partial charge in [-0.25, -0.2) is 18.4 Å². The summed E-state index contributed by atoms with van der Waals surface area (Å²) in [6.45, 7) is 7.22. The van der Waals surface area contributed by atoms with E-state index < -0.39 is 102 Å². The van der Waals surface area contributed by atoms with Crippen molar-refractivity contribution >= 4 is 41.3 Å². The third-order valence-electron chi connectivity index (χ3n) is 11.2. The predicted molar refractivity (Wildman–Crippen MR) is 204 cm³/mol. The number of aryl methyl sites for hydroxylation is 1. The maximum Gasteiger partial charge on any atom is 0.329 e. The number of amides is 6. The maximum atomic E-state index is 14.7. The molecule has 18 heteroatoms. The topological polar surface area (TPSA) is 199 Å². The number of carbonyl (C=O) groups is 6. The van der Waals surface area contributed by atoms with Crippen LogP contribution in [-0.4, -0.2) is 137 Å². The minimum atomic E-state index is -1.60. The lowest BCUT2D eigenvalue weighted by Gasteiger charge is -2.43. The monoisotopic (exact) mass is 811 g/mol. The molecule has 4 aliphatic heterocycles. The number of benzene rings is 2. The molecule has 0 spiro atoms. The number of morpholine rings is 1. The lowest BCUT2D eigenvalue weighted by molar-refractivity contribution is -0.166. The van der Waals surface area contributed by atoms with Crippen LogP contribution >= 0.6 is 0 Å². The Hall–Kier alpha value is -5.20. The second-order valence-corrected chi connectivity index (χ2v) is 15.7. The van der Waals surface area contributed by atoms with Crippen molar-refractivity contribution in [2.75, 3.05) is 38.2 Å². The third-order valence-corrected chi connectivity index (χ3v) is 11.2. The molecule has 16 nitrogen and oxygen atoms in total. The van der Waals surface area contributed by atoms with Gasteiger partial charge in [0.05, 0.1) is 19.3 Å². The van der Waals surface area contributed by atoms with Crippen molar-refractivity contribution < 1.29 is 52.1 Å². The van der Waals surface area contributed by atoms with E-state index in [1.807, 2.05) is 13.8 Å². The van der Waals surface area contributed by atoms with Gasteiger partial charge in [0.1, 0.15) is 54.2 Å².